The normalized spacial score (nSPS) is 15.7. The minimum atomic E-state index is -0.298. The van der Waals surface area contributed by atoms with Gasteiger partial charge in [-0.05, 0) is 24.3 Å². The average Bonchev–Trinajstić information content (AvgIpc) is 2.50. The van der Waals surface area contributed by atoms with Crippen LogP contribution in [0, 0.1) is 5.82 Å². The van der Waals surface area contributed by atoms with E-state index in [1.54, 1.807) is 12.1 Å². The first-order valence-corrected chi connectivity index (χ1v) is 7.32. The van der Waals surface area contributed by atoms with Crippen molar-refractivity contribution in [2.45, 2.75) is 6.42 Å². The Bertz CT molecular complexity index is 433. The molecule has 0 atom stereocenters. The predicted octanol–water partition coefficient (Wildman–Crippen LogP) is 0.616. The molecule has 2 rings (SSSR count). The summed E-state index contributed by atoms with van der Waals surface area (Å²) in [5, 5.41) is 6.18. The Hall–Kier alpha value is -1.66. The van der Waals surface area contributed by atoms with E-state index in [0.717, 1.165) is 32.7 Å². The lowest BCUT2D eigenvalue weighted by molar-refractivity contribution is -0.121. The van der Waals surface area contributed by atoms with Gasteiger partial charge in [0.1, 0.15) is 11.6 Å². The first-order valence-electron chi connectivity index (χ1n) is 7.32. The molecule has 21 heavy (non-hydrogen) atoms. The molecular weight excluding hydrogens is 273 g/mol. The van der Waals surface area contributed by atoms with Gasteiger partial charge in [0.15, 0.2) is 0 Å². The number of amides is 1. The first kappa shape index (κ1) is 15.7. The number of carbonyl (C=O) groups excluding carboxylic acids is 1. The number of hydrogen-bond donors (Lipinski definition) is 2. The number of hydrogen-bond acceptors (Lipinski definition) is 4. The van der Waals surface area contributed by atoms with E-state index in [4.69, 9.17) is 4.74 Å². The molecule has 1 amide bonds. The van der Waals surface area contributed by atoms with Crippen LogP contribution in [0.1, 0.15) is 6.42 Å². The predicted molar refractivity (Wildman–Crippen MR) is 78.8 cm³/mol. The van der Waals surface area contributed by atoms with Crippen LogP contribution >= 0.6 is 0 Å². The molecule has 1 heterocycles. The van der Waals surface area contributed by atoms with Crippen LogP contribution in [-0.4, -0.2) is 56.7 Å². The Morgan fingerprint density at radius 2 is 2.00 bits per heavy atom. The summed E-state index contributed by atoms with van der Waals surface area (Å²) in [7, 11) is 0. The summed E-state index contributed by atoms with van der Waals surface area (Å²) in [5.74, 6) is 0.255. The molecule has 6 heteroatoms. The molecule has 1 saturated heterocycles. The van der Waals surface area contributed by atoms with Crippen LogP contribution in [-0.2, 0) is 4.79 Å². The van der Waals surface area contributed by atoms with Crippen LogP contribution in [0.3, 0.4) is 0 Å². The summed E-state index contributed by atoms with van der Waals surface area (Å²) in [6.07, 6.45) is 0.304. The second-order valence-electron chi connectivity index (χ2n) is 4.99. The molecule has 2 N–H and O–H groups in total. The van der Waals surface area contributed by atoms with Crippen molar-refractivity contribution in [3.05, 3.63) is 30.1 Å². The van der Waals surface area contributed by atoms with Crippen LogP contribution < -0.4 is 15.4 Å². The maximum atomic E-state index is 12.7. The quantitative estimate of drug-likeness (QED) is 0.774. The molecule has 0 aliphatic carbocycles. The van der Waals surface area contributed by atoms with Crippen molar-refractivity contribution in [2.24, 2.45) is 0 Å². The molecule has 0 spiro atoms. The number of carbonyl (C=O) groups is 1. The lowest BCUT2D eigenvalue weighted by Crippen LogP contribution is -2.46. The standard InChI is InChI=1S/C15H22FN3O2/c16-13-1-3-14(4-2-13)21-12-5-15(20)18-8-11-19-9-6-17-7-10-19/h1-4,17H,5-12H2,(H,18,20). The van der Waals surface area contributed by atoms with Gasteiger partial charge >= 0.3 is 0 Å². The molecule has 0 saturated carbocycles. The minimum absolute atomic E-state index is 0.0211. The number of rotatable bonds is 7. The van der Waals surface area contributed by atoms with Gasteiger partial charge in [-0.3, -0.25) is 9.69 Å². The van der Waals surface area contributed by atoms with Gasteiger partial charge in [0.25, 0.3) is 0 Å². The Morgan fingerprint density at radius 3 is 2.71 bits per heavy atom. The number of piperazine rings is 1. The fourth-order valence-corrected chi connectivity index (χ4v) is 2.17. The number of benzene rings is 1. The molecule has 0 unspecified atom stereocenters. The zero-order chi connectivity index (χ0) is 14.9. The van der Waals surface area contributed by atoms with Crippen molar-refractivity contribution in [2.75, 3.05) is 45.9 Å². The van der Waals surface area contributed by atoms with Gasteiger partial charge in [-0.15, -0.1) is 0 Å². The Labute approximate surface area is 124 Å². The first-order chi connectivity index (χ1) is 10.2. The molecular formula is C15H22FN3O2. The number of ether oxygens (including phenoxy) is 1. The van der Waals surface area contributed by atoms with Gasteiger partial charge < -0.3 is 15.4 Å². The Balaban J connectivity index is 1.54. The molecule has 5 nitrogen and oxygen atoms in total. The van der Waals surface area contributed by atoms with E-state index >= 15 is 0 Å². The second-order valence-corrected chi connectivity index (χ2v) is 4.99. The Morgan fingerprint density at radius 1 is 1.29 bits per heavy atom. The molecule has 1 aromatic rings. The van der Waals surface area contributed by atoms with Crippen LogP contribution in [0.15, 0.2) is 24.3 Å². The highest BCUT2D eigenvalue weighted by molar-refractivity contribution is 5.75. The molecule has 0 aromatic heterocycles. The molecule has 1 aliphatic rings. The third-order valence-corrected chi connectivity index (χ3v) is 3.37. The average molecular weight is 295 g/mol. The summed E-state index contributed by atoms with van der Waals surface area (Å²) in [6, 6.07) is 5.78. The fraction of sp³-hybridized carbons (Fsp3) is 0.533. The molecule has 1 fully saturated rings. The lowest BCUT2D eigenvalue weighted by Gasteiger charge is -2.27. The largest absolute Gasteiger partial charge is 0.493 e. The minimum Gasteiger partial charge on any atom is -0.493 e. The highest BCUT2D eigenvalue weighted by Crippen LogP contribution is 2.10. The summed E-state index contributed by atoms with van der Waals surface area (Å²) >= 11 is 0. The maximum Gasteiger partial charge on any atom is 0.223 e. The monoisotopic (exact) mass is 295 g/mol. The number of nitrogens with zero attached hydrogens (tertiary/aromatic N) is 1. The second kappa shape index (κ2) is 8.59. The molecule has 116 valence electrons. The summed E-state index contributed by atoms with van der Waals surface area (Å²) in [4.78, 5) is 14.0. The number of nitrogens with one attached hydrogen (secondary N) is 2. The third kappa shape index (κ3) is 6.10. The topological polar surface area (TPSA) is 53.6 Å². The van der Waals surface area contributed by atoms with Crippen molar-refractivity contribution in [3.63, 3.8) is 0 Å². The molecule has 0 radical (unpaired) electrons. The van der Waals surface area contributed by atoms with Crippen molar-refractivity contribution >= 4 is 5.91 Å². The van der Waals surface area contributed by atoms with E-state index in [-0.39, 0.29) is 11.7 Å². The van der Waals surface area contributed by atoms with Crippen molar-refractivity contribution in [1.29, 1.82) is 0 Å². The summed E-state index contributed by atoms with van der Waals surface area (Å²) in [5.41, 5.74) is 0. The van der Waals surface area contributed by atoms with Gasteiger partial charge in [0.05, 0.1) is 13.0 Å². The van der Waals surface area contributed by atoms with E-state index < -0.39 is 0 Å². The van der Waals surface area contributed by atoms with Crippen LogP contribution in [0.2, 0.25) is 0 Å². The smallest absolute Gasteiger partial charge is 0.223 e. The van der Waals surface area contributed by atoms with E-state index in [1.165, 1.54) is 12.1 Å². The van der Waals surface area contributed by atoms with Gasteiger partial charge in [-0.1, -0.05) is 0 Å². The third-order valence-electron chi connectivity index (χ3n) is 3.37. The summed E-state index contributed by atoms with van der Waals surface area (Å²) < 4.78 is 18.1. The van der Waals surface area contributed by atoms with Crippen molar-refractivity contribution in [3.8, 4) is 5.75 Å². The van der Waals surface area contributed by atoms with Gasteiger partial charge in [-0.25, -0.2) is 4.39 Å². The van der Waals surface area contributed by atoms with Gasteiger partial charge in [0, 0.05) is 39.3 Å². The highest BCUT2D eigenvalue weighted by Gasteiger charge is 2.09. The SMILES string of the molecule is O=C(CCOc1ccc(F)cc1)NCCN1CCNCC1. The van der Waals surface area contributed by atoms with E-state index in [2.05, 4.69) is 15.5 Å². The van der Waals surface area contributed by atoms with Crippen LogP contribution in [0.5, 0.6) is 5.75 Å². The van der Waals surface area contributed by atoms with Gasteiger partial charge in [0.2, 0.25) is 5.91 Å². The lowest BCUT2D eigenvalue weighted by atomic mass is 10.3. The highest BCUT2D eigenvalue weighted by atomic mass is 19.1. The fourth-order valence-electron chi connectivity index (χ4n) is 2.17. The molecule has 0 bridgehead atoms. The van der Waals surface area contributed by atoms with Crippen molar-refractivity contribution in [1.82, 2.24) is 15.5 Å². The van der Waals surface area contributed by atoms with Crippen molar-refractivity contribution < 1.29 is 13.9 Å². The van der Waals surface area contributed by atoms with Gasteiger partial charge in [-0.2, -0.15) is 0 Å². The van der Waals surface area contributed by atoms with E-state index in [1.807, 2.05) is 0 Å². The van der Waals surface area contributed by atoms with Crippen LogP contribution in [0.4, 0.5) is 4.39 Å². The zero-order valence-corrected chi connectivity index (χ0v) is 12.1. The Kier molecular flexibility index (Phi) is 6.43. The maximum absolute atomic E-state index is 12.7. The van der Waals surface area contributed by atoms with E-state index in [0.29, 0.717) is 25.3 Å². The summed E-state index contributed by atoms with van der Waals surface area (Å²) in [6.45, 7) is 5.93. The zero-order valence-electron chi connectivity index (χ0n) is 12.1. The van der Waals surface area contributed by atoms with E-state index in [9.17, 15) is 9.18 Å². The molecule has 1 aromatic carbocycles. The molecule has 1 aliphatic heterocycles. The number of halogens is 1. The van der Waals surface area contributed by atoms with Crippen LogP contribution in [0.25, 0.3) is 0 Å².